The van der Waals surface area contributed by atoms with E-state index < -0.39 is 17.9 Å². The molecule has 8 heteroatoms. The number of aliphatic carboxylic acids is 1. The van der Waals surface area contributed by atoms with E-state index in [1.54, 1.807) is 0 Å². The van der Waals surface area contributed by atoms with Gasteiger partial charge in [-0.05, 0) is 18.6 Å². The van der Waals surface area contributed by atoms with Gasteiger partial charge in [-0.25, -0.2) is 9.48 Å². The van der Waals surface area contributed by atoms with Crippen molar-refractivity contribution in [3.8, 4) is 0 Å². The SMILES string of the molecule is Cc1ccc([C@H]2C=C(C(=O)O)Nc3c(C(N)=O)nnn32)cc1. The summed E-state index contributed by atoms with van der Waals surface area (Å²) in [6, 6.07) is 7.09. The van der Waals surface area contributed by atoms with Crippen molar-refractivity contribution < 1.29 is 14.7 Å². The monoisotopic (exact) mass is 299 g/mol. The minimum Gasteiger partial charge on any atom is -0.477 e. The Morgan fingerprint density at radius 3 is 2.59 bits per heavy atom. The molecule has 0 spiro atoms. The minimum atomic E-state index is -1.14. The molecule has 1 aliphatic heterocycles. The van der Waals surface area contributed by atoms with Gasteiger partial charge >= 0.3 is 5.97 Å². The maximum Gasteiger partial charge on any atom is 0.352 e. The first-order valence-corrected chi connectivity index (χ1v) is 6.51. The number of anilines is 1. The van der Waals surface area contributed by atoms with E-state index in [0.29, 0.717) is 0 Å². The van der Waals surface area contributed by atoms with Gasteiger partial charge in [0.05, 0.1) is 0 Å². The van der Waals surface area contributed by atoms with Crippen LogP contribution in [0.3, 0.4) is 0 Å². The number of amides is 1. The fourth-order valence-electron chi connectivity index (χ4n) is 2.29. The van der Waals surface area contributed by atoms with Gasteiger partial charge in [0.15, 0.2) is 11.5 Å². The second-order valence-electron chi connectivity index (χ2n) is 4.96. The number of carbonyl (C=O) groups is 2. The van der Waals surface area contributed by atoms with Gasteiger partial charge in [0.1, 0.15) is 11.7 Å². The Morgan fingerprint density at radius 1 is 1.32 bits per heavy atom. The van der Waals surface area contributed by atoms with E-state index in [1.165, 1.54) is 10.8 Å². The maximum absolute atomic E-state index is 11.4. The first kappa shape index (κ1) is 13.8. The van der Waals surface area contributed by atoms with Crippen LogP contribution in [0.4, 0.5) is 5.82 Å². The summed E-state index contributed by atoms with van der Waals surface area (Å²) in [6.45, 7) is 1.96. The number of rotatable bonds is 3. The Bertz CT molecular complexity index is 791. The van der Waals surface area contributed by atoms with Crippen LogP contribution in [-0.2, 0) is 4.79 Å². The fraction of sp³-hybridized carbons (Fsp3) is 0.143. The van der Waals surface area contributed by atoms with Gasteiger partial charge in [0.2, 0.25) is 0 Å². The number of nitrogens with one attached hydrogen (secondary N) is 1. The highest BCUT2D eigenvalue weighted by molar-refractivity contribution is 5.98. The largest absolute Gasteiger partial charge is 0.477 e. The quantitative estimate of drug-likeness (QED) is 0.765. The van der Waals surface area contributed by atoms with Crippen LogP contribution < -0.4 is 11.1 Å². The van der Waals surface area contributed by atoms with Crippen molar-refractivity contribution in [2.45, 2.75) is 13.0 Å². The van der Waals surface area contributed by atoms with Crippen molar-refractivity contribution in [1.82, 2.24) is 15.0 Å². The number of aryl methyl sites for hydroxylation is 1. The van der Waals surface area contributed by atoms with E-state index in [-0.39, 0.29) is 17.2 Å². The molecule has 1 aliphatic rings. The summed E-state index contributed by atoms with van der Waals surface area (Å²) in [4.78, 5) is 22.7. The van der Waals surface area contributed by atoms with Crippen LogP contribution in [0.2, 0.25) is 0 Å². The average Bonchev–Trinajstić information content (AvgIpc) is 2.91. The number of allylic oxidation sites excluding steroid dienone is 1. The van der Waals surface area contributed by atoms with Crippen molar-refractivity contribution in [1.29, 1.82) is 0 Å². The van der Waals surface area contributed by atoms with E-state index in [4.69, 9.17) is 5.73 Å². The van der Waals surface area contributed by atoms with E-state index in [9.17, 15) is 14.7 Å². The normalized spacial score (nSPS) is 16.4. The number of hydrogen-bond donors (Lipinski definition) is 3. The third kappa shape index (κ3) is 2.20. The molecule has 0 aliphatic carbocycles. The zero-order chi connectivity index (χ0) is 15.9. The lowest BCUT2D eigenvalue weighted by molar-refractivity contribution is -0.132. The van der Waals surface area contributed by atoms with Crippen LogP contribution in [-0.4, -0.2) is 32.0 Å². The number of fused-ring (bicyclic) bond motifs is 1. The molecule has 22 heavy (non-hydrogen) atoms. The Hall–Kier alpha value is -3.16. The van der Waals surface area contributed by atoms with Gasteiger partial charge in [-0.3, -0.25) is 4.79 Å². The Kier molecular flexibility index (Phi) is 3.13. The maximum atomic E-state index is 11.4. The summed E-state index contributed by atoms with van der Waals surface area (Å²) in [6.07, 6.45) is 1.51. The van der Waals surface area contributed by atoms with Crippen molar-refractivity contribution in [3.05, 3.63) is 52.9 Å². The lowest BCUT2D eigenvalue weighted by Gasteiger charge is -2.23. The molecule has 0 radical (unpaired) electrons. The summed E-state index contributed by atoms with van der Waals surface area (Å²) in [5.41, 5.74) is 7.01. The molecule has 0 saturated carbocycles. The smallest absolute Gasteiger partial charge is 0.352 e. The number of carboxylic acid groups (broad SMARTS) is 1. The number of primary amides is 1. The third-order valence-corrected chi connectivity index (χ3v) is 3.42. The standard InChI is InChI=1S/C14H13N5O3/c1-7-2-4-8(5-3-7)10-6-9(14(21)22)16-13-11(12(15)20)17-18-19(10)13/h2-6,10,16H,1H3,(H2,15,20)(H,21,22)/t10-/m1/s1. The Morgan fingerprint density at radius 2 is 2.00 bits per heavy atom. The molecule has 3 rings (SSSR count). The molecule has 2 heterocycles. The number of carbonyl (C=O) groups excluding carboxylic acids is 1. The molecule has 1 aromatic heterocycles. The summed E-state index contributed by atoms with van der Waals surface area (Å²) in [5, 5.41) is 19.5. The predicted molar refractivity (Wildman–Crippen MR) is 77.2 cm³/mol. The highest BCUT2D eigenvalue weighted by Crippen LogP contribution is 2.31. The van der Waals surface area contributed by atoms with Crippen molar-refractivity contribution in [2.75, 3.05) is 5.32 Å². The summed E-state index contributed by atoms with van der Waals surface area (Å²) >= 11 is 0. The molecular formula is C14H13N5O3. The lowest BCUT2D eigenvalue weighted by atomic mass is 10.0. The van der Waals surface area contributed by atoms with Gasteiger partial charge in [0.25, 0.3) is 5.91 Å². The second kappa shape index (κ2) is 4.99. The molecule has 0 unspecified atom stereocenters. The molecule has 8 nitrogen and oxygen atoms in total. The molecular weight excluding hydrogens is 286 g/mol. The first-order chi connectivity index (χ1) is 10.5. The van der Waals surface area contributed by atoms with E-state index in [2.05, 4.69) is 15.6 Å². The number of carboxylic acids is 1. The zero-order valence-electron chi connectivity index (χ0n) is 11.6. The van der Waals surface area contributed by atoms with Gasteiger partial charge < -0.3 is 16.2 Å². The van der Waals surface area contributed by atoms with Crippen molar-refractivity contribution in [2.24, 2.45) is 5.73 Å². The summed E-state index contributed by atoms with van der Waals surface area (Å²) < 4.78 is 1.44. The van der Waals surface area contributed by atoms with Crippen LogP contribution in [0.15, 0.2) is 36.0 Å². The van der Waals surface area contributed by atoms with Crippen LogP contribution in [0.5, 0.6) is 0 Å². The molecule has 0 fully saturated rings. The van der Waals surface area contributed by atoms with Crippen LogP contribution in [0.25, 0.3) is 0 Å². The molecule has 1 atom stereocenters. The Labute approximate surface area is 125 Å². The molecule has 1 amide bonds. The number of hydrogen-bond acceptors (Lipinski definition) is 5. The van der Waals surface area contributed by atoms with E-state index in [0.717, 1.165) is 11.1 Å². The van der Waals surface area contributed by atoms with Crippen LogP contribution >= 0.6 is 0 Å². The number of nitrogens with two attached hydrogens (primary N) is 1. The third-order valence-electron chi connectivity index (χ3n) is 3.42. The summed E-state index contributed by atoms with van der Waals surface area (Å²) in [5.74, 6) is -1.74. The molecule has 112 valence electrons. The van der Waals surface area contributed by atoms with Gasteiger partial charge in [-0.15, -0.1) is 5.10 Å². The molecule has 4 N–H and O–H groups in total. The highest BCUT2D eigenvalue weighted by atomic mass is 16.4. The minimum absolute atomic E-state index is 0.0529. The van der Waals surface area contributed by atoms with Crippen LogP contribution in [0, 0.1) is 6.92 Å². The average molecular weight is 299 g/mol. The molecule has 0 saturated heterocycles. The Balaban J connectivity index is 2.15. The fourth-order valence-corrected chi connectivity index (χ4v) is 2.29. The summed E-state index contributed by atoms with van der Waals surface area (Å²) in [7, 11) is 0. The van der Waals surface area contributed by atoms with E-state index >= 15 is 0 Å². The highest BCUT2D eigenvalue weighted by Gasteiger charge is 2.29. The second-order valence-corrected chi connectivity index (χ2v) is 4.96. The predicted octanol–water partition coefficient (Wildman–Crippen LogP) is 0.669. The first-order valence-electron chi connectivity index (χ1n) is 6.51. The van der Waals surface area contributed by atoms with Gasteiger partial charge in [-0.2, -0.15) is 0 Å². The van der Waals surface area contributed by atoms with Gasteiger partial charge in [-0.1, -0.05) is 35.0 Å². The number of aromatic nitrogens is 3. The van der Waals surface area contributed by atoms with Crippen molar-refractivity contribution >= 4 is 17.7 Å². The molecule has 2 aromatic rings. The van der Waals surface area contributed by atoms with E-state index in [1.807, 2.05) is 31.2 Å². The topological polar surface area (TPSA) is 123 Å². The molecule has 0 bridgehead atoms. The van der Waals surface area contributed by atoms with Gasteiger partial charge in [0, 0.05) is 0 Å². The number of benzene rings is 1. The van der Waals surface area contributed by atoms with Crippen LogP contribution in [0.1, 0.15) is 27.7 Å². The molecule has 1 aromatic carbocycles. The van der Waals surface area contributed by atoms with Crippen molar-refractivity contribution in [3.63, 3.8) is 0 Å². The lowest BCUT2D eigenvalue weighted by Crippen LogP contribution is -2.25. The number of nitrogens with zero attached hydrogens (tertiary/aromatic N) is 3. The zero-order valence-corrected chi connectivity index (χ0v) is 11.6.